The van der Waals surface area contributed by atoms with Crippen molar-refractivity contribution in [3.8, 4) is 0 Å². The summed E-state index contributed by atoms with van der Waals surface area (Å²) in [5.74, 6) is -0.342. The van der Waals surface area contributed by atoms with Crippen molar-refractivity contribution in [3.63, 3.8) is 0 Å². The van der Waals surface area contributed by atoms with Crippen LogP contribution in [0.2, 0.25) is 5.02 Å². The van der Waals surface area contributed by atoms with E-state index in [4.69, 9.17) is 16.3 Å². The van der Waals surface area contributed by atoms with Gasteiger partial charge >= 0.3 is 0 Å². The number of fused-ring (bicyclic) bond motifs is 1. The minimum absolute atomic E-state index is 0.0104. The topological polar surface area (TPSA) is 27.1 Å². The smallest absolute Gasteiger partial charge is 0.150 e. The third-order valence-electron chi connectivity index (χ3n) is 6.20. The monoisotopic (exact) mass is 459 g/mol. The van der Waals surface area contributed by atoms with Gasteiger partial charge in [0, 0.05) is 12.0 Å². The summed E-state index contributed by atoms with van der Waals surface area (Å²) >= 11 is 6.49. The van der Waals surface area contributed by atoms with Gasteiger partial charge in [-0.05, 0) is 83.9 Å². The third kappa shape index (κ3) is 4.33. The van der Waals surface area contributed by atoms with Gasteiger partial charge in [-0.3, -0.25) is 0 Å². The van der Waals surface area contributed by atoms with Gasteiger partial charge in [0.1, 0.15) is 5.82 Å². The number of aromatic nitrogens is 2. The molecule has 3 aromatic carbocycles. The maximum absolute atomic E-state index is 13.8. The molecule has 0 saturated carbocycles. The molecule has 1 atom stereocenters. The quantitative estimate of drug-likeness (QED) is 0.286. The number of hydrogen-bond acceptors (Lipinski definition) is 2. The number of halogens is 2. The second kappa shape index (κ2) is 9.50. The van der Waals surface area contributed by atoms with Crippen LogP contribution < -0.4 is 0 Å². The van der Waals surface area contributed by atoms with E-state index in [1.165, 1.54) is 12.1 Å². The average molecular weight is 460 g/mol. The molecule has 0 N–H and O–H groups in total. The van der Waals surface area contributed by atoms with Gasteiger partial charge in [-0.25, -0.2) is 9.07 Å². The summed E-state index contributed by atoms with van der Waals surface area (Å²) in [6, 6.07) is 22.3. The molecule has 1 unspecified atom stereocenters. The third-order valence-corrected chi connectivity index (χ3v) is 6.52. The minimum Gasteiger partial charge on any atom is -0.356 e. The van der Waals surface area contributed by atoms with Crippen molar-refractivity contribution >= 4 is 33.7 Å². The highest BCUT2D eigenvalue weighted by Crippen LogP contribution is 2.38. The molecule has 0 bridgehead atoms. The van der Waals surface area contributed by atoms with Gasteiger partial charge in [0.25, 0.3) is 0 Å². The first-order chi connectivity index (χ1) is 16.2. The van der Waals surface area contributed by atoms with Gasteiger partial charge in [-0.2, -0.15) is 5.10 Å². The Hall–Kier alpha value is -2.95. The SMILES string of the molecule is CC/C(=C(\c1[c]cccc1)c1ccc2c(cnn2C2CCCCO2)c1)c1ccc(F)cc1Cl. The van der Waals surface area contributed by atoms with Crippen LogP contribution in [0.4, 0.5) is 4.39 Å². The van der Waals surface area contributed by atoms with E-state index >= 15 is 0 Å². The lowest BCUT2D eigenvalue weighted by molar-refractivity contribution is -0.0366. The van der Waals surface area contributed by atoms with Crippen molar-refractivity contribution < 1.29 is 9.13 Å². The summed E-state index contributed by atoms with van der Waals surface area (Å²) in [6.45, 7) is 2.87. The van der Waals surface area contributed by atoms with Gasteiger partial charge in [0.2, 0.25) is 0 Å². The Morgan fingerprint density at radius 2 is 2.09 bits per heavy atom. The summed E-state index contributed by atoms with van der Waals surface area (Å²) < 4.78 is 21.7. The Labute approximate surface area is 198 Å². The fourth-order valence-electron chi connectivity index (χ4n) is 4.63. The van der Waals surface area contributed by atoms with E-state index in [9.17, 15) is 4.39 Å². The molecule has 5 heteroatoms. The highest BCUT2D eigenvalue weighted by molar-refractivity contribution is 6.32. The van der Waals surface area contributed by atoms with Crippen molar-refractivity contribution in [2.45, 2.75) is 38.8 Å². The molecule has 0 amide bonds. The van der Waals surface area contributed by atoms with Crippen molar-refractivity contribution in [1.82, 2.24) is 9.78 Å². The zero-order valence-electron chi connectivity index (χ0n) is 18.5. The van der Waals surface area contributed by atoms with Gasteiger partial charge < -0.3 is 4.74 Å². The Kier molecular flexibility index (Phi) is 6.30. The molecule has 0 spiro atoms. The Balaban J connectivity index is 1.68. The molecular weight excluding hydrogens is 435 g/mol. The Bertz CT molecular complexity index is 1310. The fraction of sp³-hybridized carbons (Fsp3) is 0.250. The predicted molar refractivity (Wildman–Crippen MR) is 131 cm³/mol. The normalized spacial score (nSPS) is 17.2. The molecule has 1 saturated heterocycles. The lowest BCUT2D eigenvalue weighted by atomic mass is 9.88. The second-order valence-corrected chi connectivity index (χ2v) is 8.70. The molecule has 1 aliphatic rings. The number of nitrogens with zero attached hydrogens (tertiary/aromatic N) is 2. The average Bonchev–Trinajstić information content (AvgIpc) is 3.27. The predicted octanol–water partition coefficient (Wildman–Crippen LogP) is 7.70. The molecule has 2 heterocycles. The molecule has 1 aliphatic heterocycles. The number of benzene rings is 3. The van der Waals surface area contributed by atoms with Gasteiger partial charge in [-0.15, -0.1) is 0 Å². The van der Waals surface area contributed by atoms with E-state index in [-0.39, 0.29) is 12.0 Å². The first-order valence-electron chi connectivity index (χ1n) is 11.4. The minimum atomic E-state index is -0.342. The van der Waals surface area contributed by atoms with E-state index in [1.54, 1.807) is 6.07 Å². The fourth-order valence-corrected chi connectivity index (χ4v) is 4.91. The molecule has 1 radical (unpaired) electrons. The van der Waals surface area contributed by atoms with Crippen LogP contribution in [0.5, 0.6) is 0 Å². The van der Waals surface area contributed by atoms with E-state index in [2.05, 4.69) is 36.3 Å². The van der Waals surface area contributed by atoms with Crippen LogP contribution in [0.15, 0.2) is 66.9 Å². The molecule has 0 aliphatic carbocycles. The highest BCUT2D eigenvalue weighted by Gasteiger charge is 2.20. The van der Waals surface area contributed by atoms with Crippen LogP contribution in [0.25, 0.3) is 22.0 Å². The summed E-state index contributed by atoms with van der Waals surface area (Å²) in [5, 5.41) is 6.10. The van der Waals surface area contributed by atoms with Gasteiger partial charge in [0.05, 0.1) is 16.7 Å². The molecule has 1 fully saturated rings. The Morgan fingerprint density at radius 3 is 2.82 bits per heavy atom. The van der Waals surface area contributed by atoms with Crippen LogP contribution in [0, 0.1) is 11.9 Å². The van der Waals surface area contributed by atoms with E-state index < -0.39 is 0 Å². The van der Waals surface area contributed by atoms with Crippen LogP contribution in [-0.4, -0.2) is 16.4 Å². The largest absolute Gasteiger partial charge is 0.356 e. The Morgan fingerprint density at radius 1 is 1.18 bits per heavy atom. The molecule has 5 rings (SSSR count). The molecule has 167 valence electrons. The van der Waals surface area contributed by atoms with Crippen LogP contribution in [0.3, 0.4) is 0 Å². The van der Waals surface area contributed by atoms with Crippen LogP contribution in [0.1, 0.15) is 55.5 Å². The molecule has 1 aromatic heterocycles. The summed E-state index contributed by atoms with van der Waals surface area (Å²) in [6.07, 6.45) is 5.86. The second-order valence-electron chi connectivity index (χ2n) is 8.29. The zero-order chi connectivity index (χ0) is 22.8. The van der Waals surface area contributed by atoms with E-state index in [0.717, 1.165) is 71.0 Å². The lowest BCUT2D eigenvalue weighted by Crippen LogP contribution is -2.18. The summed E-state index contributed by atoms with van der Waals surface area (Å²) in [5.41, 5.74) is 5.99. The van der Waals surface area contributed by atoms with E-state index in [0.29, 0.717) is 5.02 Å². The van der Waals surface area contributed by atoms with Crippen molar-refractivity contribution in [1.29, 1.82) is 0 Å². The number of ether oxygens (including phenoxy) is 1. The number of rotatable bonds is 5. The lowest BCUT2D eigenvalue weighted by Gasteiger charge is -2.23. The zero-order valence-corrected chi connectivity index (χ0v) is 19.3. The molecule has 3 nitrogen and oxygen atoms in total. The highest BCUT2D eigenvalue weighted by atomic mass is 35.5. The van der Waals surface area contributed by atoms with Gasteiger partial charge in [-0.1, -0.05) is 54.9 Å². The van der Waals surface area contributed by atoms with Crippen LogP contribution in [-0.2, 0) is 4.74 Å². The van der Waals surface area contributed by atoms with Crippen molar-refractivity contribution in [2.75, 3.05) is 6.61 Å². The standard InChI is InChI=1S/C28H25ClFN2O/c1-2-23(24-13-12-22(30)17-25(24)29)28(19-8-4-3-5-9-19)20-11-14-26-21(16-20)18-31-32(26)27-10-6-7-15-33-27/h3-5,8,11-14,16-18,27H,2,6-7,10,15H2,1H3/b28-23-. The van der Waals surface area contributed by atoms with E-state index in [1.807, 2.05) is 35.1 Å². The number of hydrogen-bond donors (Lipinski definition) is 0. The summed E-state index contributed by atoms with van der Waals surface area (Å²) in [7, 11) is 0. The first-order valence-corrected chi connectivity index (χ1v) is 11.8. The van der Waals surface area contributed by atoms with Crippen LogP contribution >= 0.6 is 11.6 Å². The maximum Gasteiger partial charge on any atom is 0.150 e. The molecular formula is C28H25ClFN2O. The van der Waals surface area contributed by atoms with Crippen molar-refractivity contribution in [3.05, 3.63) is 100 Å². The van der Waals surface area contributed by atoms with Crippen molar-refractivity contribution in [2.24, 2.45) is 0 Å². The molecule has 4 aromatic rings. The maximum atomic E-state index is 13.8. The molecule has 33 heavy (non-hydrogen) atoms. The van der Waals surface area contributed by atoms with Gasteiger partial charge in [0.15, 0.2) is 6.23 Å². The number of allylic oxidation sites excluding steroid dienone is 1. The first kappa shape index (κ1) is 21.9. The summed E-state index contributed by atoms with van der Waals surface area (Å²) in [4.78, 5) is 0.